The van der Waals surface area contributed by atoms with E-state index in [0.717, 1.165) is 28.5 Å². The Labute approximate surface area is 450 Å². The van der Waals surface area contributed by atoms with E-state index in [-0.39, 0.29) is 56.7 Å². The number of likely N-dealkylation sites (N-methyl/N-ethyl adjacent to an activating group) is 1. The van der Waals surface area contributed by atoms with Gasteiger partial charge in [-0.3, -0.25) is 19.4 Å². The number of nitrogens with zero attached hydrogens (tertiary/aromatic N) is 2. The zero-order valence-corrected chi connectivity index (χ0v) is 46.5. The summed E-state index contributed by atoms with van der Waals surface area (Å²) in [5.41, 5.74) is 11.5. The maximum absolute atomic E-state index is 14.3. The van der Waals surface area contributed by atoms with Gasteiger partial charge in [0.25, 0.3) is 11.8 Å². The predicted molar refractivity (Wildman–Crippen MR) is 305 cm³/mol. The molecule has 2 aromatic heterocycles. The van der Waals surface area contributed by atoms with Gasteiger partial charge >= 0.3 is 0 Å². The van der Waals surface area contributed by atoms with E-state index in [9.17, 15) is 22.8 Å². The molecule has 0 bridgehead atoms. The largest absolute Gasteiger partial charge is 0.497 e. The van der Waals surface area contributed by atoms with E-state index in [1.54, 1.807) is 50.4 Å². The van der Waals surface area contributed by atoms with Gasteiger partial charge < -0.3 is 44.9 Å². The summed E-state index contributed by atoms with van der Waals surface area (Å²) in [6.07, 6.45) is 1.81. The molecule has 2 amide bonds. The molecule has 0 aliphatic heterocycles. The molecule has 0 aliphatic rings. The third-order valence-electron chi connectivity index (χ3n) is 14.0. The minimum atomic E-state index is -4.19. The number of primary amides is 1. The molecule has 1 unspecified atom stereocenters. The fourth-order valence-corrected chi connectivity index (χ4v) is 11.4. The van der Waals surface area contributed by atoms with Crippen LogP contribution in [-0.2, 0) is 27.3 Å². The second kappa shape index (κ2) is 23.6. The highest BCUT2D eigenvalue weighted by Gasteiger charge is 2.40. The fourth-order valence-electron chi connectivity index (χ4n) is 8.67. The van der Waals surface area contributed by atoms with Gasteiger partial charge in [0.05, 0.1) is 51.8 Å². The number of hydrogen-bond acceptors (Lipinski definition) is 12. The van der Waals surface area contributed by atoms with E-state index in [2.05, 4.69) is 60.5 Å². The summed E-state index contributed by atoms with van der Waals surface area (Å²) in [6, 6.07) is 41.1. The van der Waals surface area contributed by atoms with Crippen molar-refractivity contribution in [3.63, 3.8) is 0 Å². The Morgan fingerprint density at radius 3 is 2.30 bits per heavy atom. The molecule has 400 valence electrons. The molecule has 17 heteroatoms. The average molecular weight is 1080 g/mol. The van der Waals surface area contributed by atoms with Crippen LogP contribution in [0.2, 0.25) is 18.1 Å². The molecular formula is C60H66N6O9SSi. The summed E-state index contributed by atoms with van der Waals surface area (Å²) in [4.78, 5) is 47.8. The van der Waals surface area contributed by atoms with Crippen molar-refractivity contribution in [3.05, 3.63) is 189 Å². The lowest BCUT2D eigenvalue weighted by molar-refractivity contribution is 0.0773. The van der Waals surface area contributed by atoms with Crippen LogP contribution in [0.25, 0.3) is 21.8 Å². The molecule has 1 atom stereocenters. The number of sulfone groups is 1. The highest BCUT2D eigenvalue weighted by Crippen LogP contribution is 2.42. The van der Waals surface area contributed by atoms with Crippen LogP contribution >= 0.6 is 0 Å². The highest BCUT2D eigenvalue weighted by molar-refractivity contribution is 7.91. The van der Waals surface area contributed by atoms with Crippen molar-refractivity contribution in [1.82, 2.24) is 20.2 Å². The van der Waals surface area contributed by atoms with Crippen molar-refractivity contribution >= 4 is 63.1 Å². The molecule has 0 spiro atoms. The van der Waals surface area contributed by atoms with E-state index in [0.29, 0.717) is 70.3 Å². The summed E-state index contributed by atoms with van der Waals surface area (Å²) < 4.78 is 53.4. The number of carbonyl (C=O) groups is 2. The number of amides is 2. The van der Waals surface area contributed by atoms with Gasteiger partial charge in [0, 0.05) is 53.9 Å². The van der Waals surface area contributed by atoms with Crippen LogP contribution in [0, 0.1) is 6.92 Å². The third-order valence-corrected chi connectivity index (χ3v) is 20.3. The van der Waals surface area contributed by atoms with Crippen LogP contribution in [0.1, 0.15) is 69.8 Å². The molecule has 0 fully saturated rings. The zero-order chi connectivity index (χ0) is 55.1. The number of anilines is 2. The Hall–Kier alpha value is -7.83. The van der Waals surface area contributed by atoms with Crippen LogP contribution in [0.3, 0.4) is 0 Å². The number of benzene rings is 6. The van der Waals surface area contributed by atoms with E-state index in [4.69, 9.17) is 24.4 Å². The number of ether oxygens (including phenoxy) is 3. The summed E-state index contributed by atoms with van der Waals surface area (Å²) in [5.74, 6) is 0.687. The SMILES string of the molecule is COc1cccc(Nc2c(C(N)=O)cnc3c(C)cc(S(=O)(=O)c4cccc(C(=O)N(C)CCOc5ccc(CCNCC(O[Si](C)(C)C(C)(C)C)c6ccc(OCc7ccccc7)c7[nH]c(=O)ccc67)cc5)c4)cc23)c1. The number of aryl methyl sites for hydroxylation is 1. The Morgan fingerprint density at radius 1 is 0.818 bits per heavy atom. The third kappa shape index (κ3) is 13.1. The Bertz CT molecular complexity index is 3600. The standard InChI is InChI=1S/C60H66N6O9SSi/c1-39-32-47(35-50-55(39)63-36-51(58(61)68)56(50)64-43-17-13-18-45(34-43)72-6)76(70,71)46-19-12-16-42(33-46)59(69)66(5)30-31-73-44-22-20-40(21-23-44)28-29-62-37-53(75-77(7,8)60(2,3)4)48-24-26-52(57-49(48)25-27-54(67)65-57)74-38-41-14-10-9-11-15-41/h9-27,32-36,53,62H,28-31,37-38H2,1-8H3,(H2,61,68)(H,63,64)(H,65,67). The molecule has 0 radical (unpaired) electrons. The Kier molecular flexibility index (Phi) is 17.0. The Balaban J connectivity index is 0.883. The van der Waals surface area contributed by atoms with Crippen molar-refractivity contribution < 1.29 is 36.6 Å². The first kappa shape index (κ1) is 55.4. The second-order valence-corrected chi connectivity index (χ2v) is 27.2. The van der Waals surface area contributed by atoms with Crippen molar-refractivity contribution in [2.75, 3.05) is 45.7 Å². The van der Waals surface area contributed by atoms with E-state index >= 15 is 0 Å². The molecule has 8 rings (SSSR count). The number of aromatic nitrogens is 2. The number of fused-ring (bicyclic) bond motifs is 2. The minimum Gasteiger partial charge on any atom is -0.497 e. The second-order valence-electron chi connectivity index (χ2n) is 20.5. The average Bonchev–Trinajstić information content (AvgIpc) is 3.46. The lowest BCUT2D eigenvalue weighted by Gasteiger charge is -2.39. The van der Waals surface area contributed by atoms with Gasteiger partial charge in [-0.2, -0.15) is 0 Å². The molecular weight excluding hydrogens is 1010 g/mol. The maximum Gasteiger partial charge on any atom is 0.253 e. The maximum atomic E-state index is 14.3. The van der Waals surface area contributed by atoms with Crippen LogP contribution in [0.5, 0.6) is 17.2 Å². The van der Waals surface area contributed by atoms with Gasteiger partial charge in [-0.15, -0.1) is 0 Å². The minimum absolute atomic E-state index is 0.0367. The number of carbonyl (C=O) groups excluding carboxylic acids is 2. The summed E-state index contributed by atoms with van der Waals surface area (Å²) >= 11 is 0. The number of hydrogen-bond donors (Lipinski definition) is 4. The van der Waals surface area contributed by atoms with Gasteiger partial charge in [-0.05, 0) is 127 Å². The van der Waals surface area contributed by atoms with Crippen molar-refractivity contribution in [3.8, 4) is 17.2 Å². The van der Waals surface area contributed by atoms with Gasteiger partial charge in [0.1, 0.15) is 30.5 Å². The van der Waals surface area contributed by atoms with Gasteiger partial charge in [-0.25, -0.2) is 8.42 Å². The smallest absolute Gasteiger partial charge is 0.253 e. The monoisotopic (exact) mass is 1070 g/mol. The zero-order valence-electron chi connectivity index (χ0n) is 44.7. The van der Waals surface area contributed by atoms with Crippen molar-refractivity contribution in [1.29, 1.82) is 0 Å². The molecule has 0 saturated carbocycles. The van der Waals surface area contributed by atoms with E-state index in [1.807, 2.05) is 66.7 Å². The quantitative estimate of drug-likeness (QED) is 0.0370. The highest BCUT2D eigenvalue weighted by atomic mass is 32.2. The summed E-state index contributed by atoms with van der Waals surface area (Å²) in [6.45, 7) is 14.9. The molecule has 2 heterocycles. The number of rotatable bonds is 22. The molecule has 77 heavy (non-hydrogen) atoms. The first-order valence-electron chi connectivity index (χ1n) is 25.4. The lowest BCUT2D eigenvalue weighted by Crippen LogP contribution is -2.43. The molecule has 5 N–H and O–H groups in total. The fraction of sp³-hybridized carbons (Fsp3) is 0.267. The van der Waals surface area contributed by atoms with Crippen LogP contribution in [0.4, 0.5) is 11.4 Å². The first-order valence-corrected chi connectivity index (χ1v) is 29.8. The Morgan fingerprint density at radius 2 is 1.57 bits per heavy atom. The topological polar surface area (TPSA) is 204 Å². The van der Waals surface area contributed by atoms with E-state index < -0.39 is 24.1 Å². The number of pyridine rings is 2. The number of aromatic amines is 1. The molecule has 0 saturated heterocycles. The summed E-state index contributed by atoms with van der Waals surface area (Å²) in [5, 5.41) is 8.08. The lowest BCUT2D eigenvalue weighted by atomic mass is 10.0. The predicted octanol–water partition coefficient (Wildman–Crippen LogP) is 10.7. The first-order chi connectivity index (χ1) is 36.7. The van der Waals surface area contributed by atoms with Crippen LogP contribution < -0.4 is 36.1 Å². The van der Waals surface area contributed by atoms with Gasteiger partial charge in [0.2, 0.25) is 15.4 Å². The number of methoxy groups -OCH3 is 1. The molecule has 15 nitrogen and oxygen atoms in total. The molecule has 6 aromatic carbocycles. The van der Waals surface area contributed by atoms with Crippen LogP contribution in [-0.4, -0.2) is 83.8 Å². The number of nitrogens with one attached hydrogen (secondary N) is 3. The van der Waals surface area contributed by atoms with Crippen LogP contribution in [0.15, 0.2) is 160 Å². The van der Waals surface area contributed by atoms with Gasteiger partial charge in [0.15, 0.2) is 8.32 Å². The summed E-state index contributed by atoms with van der Waals surface area (Å²) in [7, 11) is -3.27. The molecule has 8 aromatic rings. The van der Waals surface area contributed by atoms with Crippen molar-refractivity contribution in [2.45, 2.75) is 74.7 Å². The number of H-pyrrole nitrogens is 1. The molecule has 0 aliphatic carbocycles. The normalized spacial score (nSPS) is 12.3. The number of nitrogens with two attached hydrogens (primary N) is 1. The van der Waals surface area contributed by atoms with Crippen molar-refractivity contribution in [2.24, 2.45) is 5.73 Å². The van der Waals surface area contributed by atoms with Gasteiger partial charge in [-0.1, -0.05) is 81.4 Å². The van der Waals surface area contributed by atoms with E-state index in [1.165, 1.54) is 48.5 Å².